The summed E-state index contributed by atoms with van der Waals surface area (Å²) >= 11 is 9.57. The summed E-state index contributed by atoms with van der Waals surface area (Å²) in [6.07, 6.45) is 5.93. The van der Waals surface area contributed by atoms with Gasteiger partial charge in [-0.05, 0) is 42.1 Å². The van der Waals surface area contributed by atoms with Crippen LogP contribution < -0.4 is 0 Å². The minimum absolute atomic E-state index is 0.148. The lowest BCUT2D eigenvalue weighted by atomic mass is 9.88. The first kappa shape index (κ1) is 14.8. The Bertz CT molecular complexity index is 718. The highest BCUT2D eigenvalue weighted by molar-refractivity contribution is 9.10. The number of aromatic nitrogens is 3. The van der Waals surface area contributed by atoms with Crippen LogP contribution in [0.1, 0.15) is 37.9 Å². The summed E-state index contributed by atoms with van der Waals surface area (Å²) in [5, 5.41) is 0.414. The zero-order chi connectivity index (χ0) is 15.2. The standard InChI is InChI=1S/C14H15BrClN3O2/c1-14(13(20)21-2)4-3-8(7-14)12-18-10(15)9-11(16)17-5-6-19(9)12/h5-6,8H,3-4,7H2,1-2H3/t8-,14+/m1/s1. The molecule has 0 radical (unpaired) electrons. The van der Waals surface area contributed by atoms with Crippen molar-refractivity contribution in [2.75, 3.05) is 7.11 Å². The summed E-state index contributed by atoms with van der Waals surface area (Å²) in [4.78, 5) is 20.6. The third-order valence-corrected chi connectivity index (χ3v) is 5.11. The Balaban J connectivity index is 2.00. The van der Waals surface area contributed by atoms with Crippen LogP contribution in [0.25, 0.3) is 5.52 Å². The van der Waals surface area contributed by atoms with E-state index in [2.05, 4.69) is 25.9 Å². The highest BCUT2D eigenvalue weighted by Crippen LogP contribution is 2.47. The highest BCUT2D eigenvalue weighted by atomic mass is 79.9. The number of halogens is 2. The van der Waals surface area contributed by atoms with Gasteiger partial charge >= 0.3 is 5.97 Å². The van der Waals surface area contributed by atoms with Gasteiger partial charge in [-0.25, -0.2) is 9.97 Å². The molecule has 2 aromatic rings. The number of nitrogens with zero attached hydrogens (tertiary/aromatic N) is 3. The first-order valence-electron chi connectivity index (χ1n) is 6.72. The van der Waals surface area contributed by atoms with E-state index in [4.69, 9.17) is 16.3 Å². The van der Waals surface area contributed by atoms with E-state index < -0.39 is 5.41 Å². The molecule has 3 rings (SSSR count). The molecular formula is C14H15BrClN3O2. The summed E-state index contributed by atoms with van der Waals surface area (Å²) in [6, 6.07) is 0. The molecule has 0 aliphatic heterocycles. The van der Waals surface area contributed by atoms with Crippen molar-refractivity contribution >= 4 is 39.0 Å². The van der Waals surface area contributed by atoms with Gasteiger partial charge < -0.3 is 4.74 Å². The van der Waals surface area contributed by atoms with Gasteiger partial charge in [0.1, 0.15) is 15.9 Å². The Labute approximate surface area is 135 Å². The fourth-order valence-electron chi connectivity index (χ4n) is 3.16. The van der Waals surface area contributed by atoms with Crippen LogP contribution in [0.5, 0.6) is 0 Å². The predicted molar refractivity (Wildman–Crippen MR) is 82.4 cm³/mol. The van der Waals surface area contributed by atoms with Crippen LogP contribution in [-0.2, 0) is 9.53 Å². The van der Waals surface area contributed by atoms with Gasteiger partial charge in [0.05, 0.1) is 12.5 Å². The van der Waals surface area contributed by atoms with E-state index in [1.165, 1.54) is 7.11 Å². The molecule has 1 aliphatic carbocycles. The van der Waals surface area contributed by atoms with E-state index in [1.54, 1.807) is 6.20 Å². The van der Waals surface area contributed by atoms with Crippen LogP contribution in [0.4, 0.5) is 0 Å². The largest absolute Gasteiger partial charge is 0.469 e. The molecule has 0 bridgehead atoms. The average Bonchev–Trinajstić information content (AvgIpc) is 3.01. The molecule has 0 aromatic carbocycles. The molecular weight excluding hydrogens is 358 g/mol. The zero-order valence-corrected chi connectivity index (χ0v) is 14.1. The molecule has 0 N–H and O–H groups in total. The third-order valence-electron chi connectivity index (χ3n) is 4.28. The van der Waals surface area contributed by atoms with Crippen LogP contribution in [-0.4, -0.2) is 27.4 Å². The molecule has 112 valence electrons. The highest BCUT2D eigenvalue weighted by Gasteiger charge is 2.44. The monoisotopic (exact) mass is 371 g/mol. The van der Waals surface area contributed by atoms with E-state index in [1.807, 2.05) is 17.5 Å². The summed E-state index contributed by atoms with van der Waals surface area (Å²) in [5.41, 5.74) is 0.329. The van der Waals surface area contributed by atoms with Gasteiger partial charge in [0.2, 0.25) is 0 Å². The normalized spacial score (nSPS) is 25.4. The molecule has 2 atom stereocenters. The van der Waals surface area contributed by atoms with E-state index in [0.717, 1.165) is 30.6 Å². The zero-order valence-electron chi connectivity index (χ0n) is 11.8. The number of fused-ring (bicyclic) bond motifs is 1. The molecule has 5 nitrogen and oxygen atoms in total. The van der Waals surface area contributed by atoms with Crippen LogP contribution in [0, 0.1) is 5.41 Å². The van der Waals surface area contributed by atoms with Crippen molar-refractivity contribution in [3.8, 4) is 0 Å². The van der Waals surface area contributed by atoms with Gasteiger partial charge in [0.15, 0.2) is 5.15 Å². The number of carbonyl (C=O) groups excluding carboxylic acids is 1. The average molecular weight is 373 g/mol. The second kappa shape index (κ2) is 5.25. The van der Waals surface area contributed by atoms with Crippen molar-refractivity contribution in [1.29, 1.82) is 0 Å². The molecule has 0 spiro atoms. The summed E-state index contributed by atoms with van der Waals surface area (Å²) < 4.78 is 7.56. The molecule has 1 saturated carbocycles. The number of imidazole rings is 1. The summed E-state index contributed by atoms with van der Waals surface area (Å²) in [5.74, 6) is 0.963. The Morgan fingerprint density at radius 2 is 2.38 bits per heavy atom. The number of methoxy groups -OCH3 is 1. The van der Waals surface area contributed by atoms with Crippen LogP contribution in [0.3, 0.4) is 0 Å². The van der Waals surface area contributed by atoms with E-state index >= 15 is 0 Å². The van der Waals surface area contributed by atoms with Crippen LogP contribution in [0.2, 0.25) is 5.15 Å². The first-order valence-corrected chi connectivity index (χ1v) is 7.90. The molecule has 0 unspecified atom stereocenters. The molecule has 0 saturated heterocycles. The molecule has 0 amide bonds. The van der Waals surface area contributed by atoms with Crippen molar-refractivity contribution in [3.05, 3.63) is 28.0 Å². The van der Waals surface area contributed by atoms with Crippen molar-refractivity contribution in [2.45, 2.75) is 32.1 Å². The topological polar surface area (TPSA) is 56.5 Å². The van der Waals surface area contributed by atoms with E-state index in [-0.39, 0.29) is 11.9 Å². The Hall–Kier alpha value is -1.14. The van der Waals surface area contributed by atoms with Crippen LogP contribution >= 0.6 is 27.5 Å². The number of carbonyl (C=O) groups is 1. The fourth-order valence-corrected chi connectivity index (χ4v) is 4.08. The number of ether oxygens (including phenoxy) is 1. The molecule has 21 heavy (non-hydrogen) atoms. The Morgan fingerprint density at radius 3 is 3.10 bits per heavy atom. The quantitative estimate of drug-likeness (QED) is 0.756. The first-order chi connectivity index (χ1) is 9.96. The van der Waals surface area contributed by atoms with Gasteiger partial charge in [0.25, 0.3) is 0 Å². The van der Waals surface area contributed by atoms with Gasteiger partial charge in [-0.2, -0.15) is 0 Å². The molecule has 2 heterocycles. The van der Waals surface area contributed by atoms with E-state index in [9.17, 15) is 4.79 Å². The molecule has 7 heteroatoms. The Morgan fingerprint density at radius 1 is 1.62 bits per heavy atom. The van der Waals surface area contributed by atoms with Crippen LogP contribution in [0.15, 0.2) is 17.0 Å². The number of hydrogen-bond donors (Lipinski definition) is 0. The maximum Gasteiger partial charge on any atom is 0.311 e. The molecule has 1 fully saturated rings. The van der Waals surface area contributed by atoms with Gasteiger partial charge in [-0.1, -0.05) is 11.6 Å². The van der Waals surface area contributed by atoms with Crippen molar-refractivity contribution < 1.29 is 9.53 Å². The molecule has 1 aliphatic rings. The van der Waals surface area contributed by atoms with Crippen molar-refractivity contribution in [3.63, 3.8) is 0 Å². The maximum absolute atomic E-state index is 11.9. The number of esters is 1. The van der Waals surface area contributed by atoms with Crippen molar-refractivity contribution in [1.82, 2.24) is 14.4 Å². The second-order valence-corrected chi connectivity index (χ2v) is 6.80. The summed E-state index contributed by atoms with van der Waals surface area (Å²) in [6.45, 7) is 1.96. The second-order valence-electron chi connectivity index (χ2n) is 5.69. The van der Waals surface area contributed by atoms with Gasteiger partial charge in [0, 0.05) is 18.3 Å². The SMILES string of the molecule is COC(=O)[C@@]1(C)CC[C@@H](c2nc(Br)c3c(Cl)nccn23)C1. The smallest absolute Gasteiger partial charge is 0.311 e. The fraction of sp³-hybridized carbons (Fsp3) is 0.500. The Kier molecular flexibility index (Phi) is 3.69. The lowest BCUT2D eigenvalue weighted by Gasteiger charge is -2.20. The van der Waals surface area contributed by atoms with Gasteiger partial charge in [-0.3, -0.25) is 9.20 Å². The summed E-state index contributed by atoms with van der Waals surface area (Å²) in [7, 11) is 1.44. The predicted octanol–water partition coefficient (Wildman–Crippen LogP) is 3.59. The lowest BCUT2D eigenvalue weighted by Crippen LogP contribution is -2.26. The minimum Gasteiger partial charge on any atom is -0.469 e. The third kappa shape index (κ3) is 2.34. The van der Waals surface area contributed by atoms with Gasteiger partial charge in [-0.15, -0.1) is 0 Å². The minimum atomic E-state index is -0.436. The van der Waals surface area contributed by atoms with Crippen molar-refractivity contribution in [2.24, 2.45) is 5.41 Å². The molecule has 2 aromatic heterocycles. The number of rotatable bonds is 2. The lowest BCUT2D eigenvalue weighted by molar-refractivity contribution is -0.151. The number of hydrogen-bond acceptors (Lipinski definition) is 4. The van der Waals surface area contributed by atoms with E-state index in [0.29, 0.717) is 9.76 Å². The maximum atomic E-state index is 11.9.